The van der Waals surface area contributed by atoms with Crippen LogP contribution in [0.3, 0.4) is 0 Å². The number of fused-ring (bicyclic) bond motifs is 1. The minimum Gasteiger partial charge on any atom is -0.464 e. The second-order valence-corrected chi connectivity index (χ2v) is 7.24. The van der Waals surface area contributed by atoms with Crippen LogP contribution < -0.4 is 5.32 Å². The molecule has 0 fully saturated rings. The number of nitrogens with one attached hydrogen (secondary N) is 1. The van der Waals surface area contributed by atoms with E-state index in [-0.39, 0.29) is 6.61 Å². The molecule has 0 aliphatic rings. The second-order valence-electron chi connectivity index (χ2n) is 7.24. The molecule has 7 nitrogen and oxygen atoms in total. The predicted molar refractivity (Wildman–Crippen MR) is 120 cm³/mol. The lowest BCUT2D eigenvalue weighted by Gasteiger charge is -2.15. The average Bonchev–Trinajstić information content (AvgIpc) is 3.23. The summed E-state index contributed by atoms with van der Waals surface area (Å²) in [5, 5.41) is 2.85. The van der Waals surface area contributed by atoms with Crippen LogP contribution in [0.15, 0.2) is 78.9 Å². The number of benzene rings is 2. The molecular formula is C25H23N3O4. The van der Waals surface area contributed by atoms with E-state index in [9.17, 15) is 9.59 Å². The Bertz CT molecular complexity index is 1240. The van der Waals surface area contributed by atoms with Gasteiger partial charge >= 0.3 is 12.1 Å². The van der Waals surface area contributed by atoms with Crippen molar-refractivity contribution in [2.75, 3.05) is 7.11 Å². The predicted octanol–water partition coefficient (Wildman–Crippen LogP) is 4.78. The number of imidazole rings is 1. The van der Waals surface area contributed by atoms with Crippen LogP contribution in [-0.4, -0.2) is 28.6 Å². The number of esters is 1. The molecule has 32 heavy (non-hydrogen) atoms. The largest absolute Gasteiger partial charge is 0.464 e. The minimum absolute atomic E-state index is 0.169. The lowest BCUT2D eigenvalue weighted by Crippen LogP contribution is -2.28. The molecule has 1 amide bonds. The molecule has 4 rings (SSSR count). The fourth-order valence-corrected chi connectivity index (χ4v) is 3.56. The van der Waals surface area contributed by atoms with Crippen LogP contribution in [0.4, 0.5) is 4.79 Å². The molecule has 4 aromatic rings. The average molecular weight is 429 g/mol. The number of hydrogen-bond acceptors (Lipinski definition) is 5. The molecule has 1 atom stereocenters. The number of carbonyl (C=O) groups excluding carboxylic acids is 2. The maximum absolute atomic E-state index is 12.4. The molecule has 0 aliphatic heterocycles. The van der Waals surface area contributed by atoms with E-state index in [1.54, 1.807) is 16.5 Å². The van der Waals surface area contributed by atoms with E-state index >= 15 is 0 Å². The second kappa shape index (κ2) is 9.34. The third-order valence-corrected chi connectivity index (χ3v) is 5.07. The van der Waals surface area contributed by atoms with Crippen molar-refractivity contribution in [1.82, 2.24) is 14.7 Å². The molecule has 7 heteroatoms. The van der Waals surface area contributed by atoms with E-state index in [4.69, 9.17) is 14.5 Å². The Hall–Kier alpha value is -4.13. The van der Waals surface area contributed by atoms with Gasteiger partial charge in [-0.1, -0.05) is 66.7 Å². The highest BCUT2D eigenvalue weighted by Crippen LogP contribution is 2.30. The van der Waals surface area contributed by atoms with Gasteiger partial charge in [0.1, 0.15) is 17.9 Å². The Morgan fingerprint density at radius 1 is 0.969 bits per heavy atom. The van der Waals surface area contributed by atoms with E-state index in [0.29, 0.717) is 22.7 Å². The van der Waals surface area contributed by atoms with Crippen molar-refractivity contribution in [1.29, 1.82) is 0 Å². The highest BCUT2D eigenvalue weighted by Gasteiger charge is 2.24. The van der Waals surface area contributed by atoms with Crippen molar-refractivity contribution >= 4 is 17.7 Å². The number of aromatic nitrogens is 2. The highest BCUT2D eigenvalue weighted by molar-refractivity contribution is 5.89. The first kappa shape index (κ1) is 21.1. The standard InChI is InChI=1S/C25H23N3O4/c1-17(26-25(30)32-16-18-10-5-3-6-11-18)22-23(19-12-7-4-8-13-19)28-20(24(29)31-2)14-9-15-21(28)27-22/h3-15,17H,16H2,1-2H3,(H,26,30)/t17-/m0/s1. The molecule has 1 N–H and O–H groups in total. The molecule has 162 valence electrons. The third-order valence-electron chi connectivity index (χ3n) is 5.07. The monoisotopic (exact) mass is 429 g/mol. The van der Waals surface area contributed by atoms with Crippen molar-refractivity contribution < 1.29 is 19.1 Å². The molecule has 0 unspecified atom stereocenters. The molecule has 2 aromatic heterocycles. The topological polar surface area (TPSA) is 81.9 Å². The Balaban J connectivity index is 1.68. The number of alkyl carbamates (subject to hydrolysis) is 1. The quantitative estimate of drug-likeness (QED) is 0.446. The highest BCUT2D eigenvalue weighted by atomic mass is 16.5. The van der Waals surface area contributed by atoms with Crippen molar-refractivity contribution in [3.8, 4) is 11.3 Å². The zero-order chi connectivity index (χ0) is 22.5. The molecule has 0 saturated heterocycles. The first-order valence-electron chi connectivity index (χ1n) is 10.2. The van der Waals surface area contributed by atoms with E-state index in [1.807, 2.05) is 73.7 Å². The first-order valence-corrected chi connectivity index (χ1v) is 10.2. The molecule has 2 aromatic carbocycles. The van der Waals surface area contributed by atoms with E-state index in [2.05, 4.69) is 5.32 Å². The number of hydrogen-bond donors (Lipinski definition) is 1. The van der Waals surface area contributed by atoms with E-state index in [1.165, 1.54) is 7.11 Å². The van der Waals surface area contributed by atoms with Gasteiger partial charge in [0, 0.05) is 5.56 Å². The smallest absolute Gasteiger partial charge is 0.407 e. The third kappa shape index (κ3) is 4.32. The Kier molecular flexibility index (Phi) is 6.17. The van der Waals surface area contributed by atoms with Crippen LogP contribution in [0.2, 0.25) is 0 Å². The van der Waals surface area contributed by atoms with Gasteiger partial charge in [-0.15, -0.1) is 0 Å². The summed E-state index contributed by atoms with van der Waals surface area (Å²) in [5.41, 5.74) is 4.00. The summed E-state index contributed by atoms with van der Waals surface area (Å²) in [4.78, 5) is 29.6. The van der Waals surface area contributed by atoms with E-state index in [0.717, 1.165) is 11.1 Å². The first-order chi connectivity index (χ1) is 15.6. The summed E-state index contributed by atoms with van der Waals surface area (Å²) in [5.74, 6) is -0.473. The van der Waals surface area contributed by atoms with Crippen molar-refractivity contribution in [2.24, 2.45) is 0 Å². The lowest BCUT2D eigenvalue weighted by molar-refractivity contribution is 0.0592. The van der Waals surface area contributed by atoms with Crippen LogP contribution in [0.25, 0.3) is 16.9 Å². The van der Waals surface area contributed by atoms with Gasteiger partial charge < -0.3 is 14.8 Å². The summed E-state index contributed by atoms with van der Waals surface area (Å²) < 4.78 is 12.1. The van der Waals surface area contributed by atoms with E-state index < -0.39 is 18.1 Å². The number of rotatable bonds is 6. The fraction of sp³-hybridized carbons (Fsp3) is 0.160. The normalized spacial score (nSPS) is 11.7. The van der Waals surface area contributed by atoms with Gasteiger partial charge in [-0.3, -0.25) is 4.40 Å². The summed E-state index contributed by atoms with van der Waals surface area (Å²) in [7, 11) is 1.34. The summed E-state index contributed by atoms with van der Waals surface area (Å²) in [6.07, 6.45) is -0.550. The van der Waals surface area contributed by atoms with Crippen LogP contribution in [0.1, 0.15) is 34.7 Å². The molecule has 0 radical (unpaired) electrons. The van der Waals surface area contributed by atoms with Crippen LogP contribution in [-0.2, 0) is 16.1 Å². The Morgan fingerprint density at radius 2 is 1.66 bits per heavy atom. The van der Waals surface area contributed by atoms with Gasteiger partial charge in [-0.05, 0) is 24.6 Å². The zero-order valence-electron chi connectivity index (χ0n) is 17.8. The SMILES string of the molecule is COC(=O)c1cccc2nc([C@H](C)NC(=O)OCc3ccccc3)c(-c3ccccc3)n12. The number of ether oxygens (including phenoxy) is 2. The number of nitrogens with zero attached hydrogens (tertiary/aromatic N) is 2. The summed E-state index contributed by atoms with van der Waals surface area (Å²) in [6.45, 7) is 2.00. The van der Waals surface area contributed by atoms with Gasteiger partial charge in [0.05, 0.1) is 24.5 Å². The number of pyridine rings is 1. The van der Waals surface area contributed by atoms with Gasteiger partial charge in [-0.25, -0.2) is 14.6 Å². The molecular weight excluding hydrogens is 406 g/mol. The van der Waals surface area contributed by atoms with Gasteiger partial charge in [0.15, 0.2) is 0 Å². The molecule has 0 aliphatic carbocycles. The van der Waals surface area contributed by atoms with Crippen LogP contribution in [0.5, 0.6) is 0 Å². The molecule has 0 spiro atoms. The van der Waals surface area contributed by atoms with Crippen LogP contribution >= 0.6 is 0 Å². The van der Waals surface area contributed by atoms with Crippen LogP contribution in [0, 0.1) is 0 Å². The fourth-order valence-electron chi connectivity index (χ4n) is 3.56. The zero-order valence-corrected chi connectivity index (χ0v) is 17.8. The van der Waals surface area contributed by atoms with Crippen molar-refractivity contribution in [3.63, 3.8) is 0 Å². The van der Waals surface area contributed by atoms with Gasteiger partial charge in [0.25, 0.3) is 0 Å². The molecule has 0 bridgehead atoms. The van der Waals surface area contributed by atoms with Crippen molar-refractivity contribution in [3.05, 3.63) is 95.8 Å². The lowest BCUT2D eigenvalue weighted by atomic mass is 10.1. The molecule has 0 saturated carbocycles. The number of carbonyl (C=O) groups is 2. The minimum atomic E-state index is -0.550. The van der Waals surface area contributed by atoms with Gasteiger partial charge in [0.2, 0.25) is 0 Å². The van der Waals surface area contributed by atoms with Crippen molar-refractivity contribution in [2.45, 2.75) is 19.6 Å². The summed E-state index contributed by atoms with van der Waals surface area (Å²) in [6, 6.07) is 23.8. The Morgan fingerprint density at radius 3 is 2.34 bits per heavy atom. The Labute approximate surface area is 185 Å². The van der Waals surface area contributed by atoms with Gasteiger partial charge in [-0.2, -0.15) is 0 Å². The maximum Gasteiger partial charge on any atom is 0.407 e. The number of amides is 1. The molecule has 2 heterocycles. The summed E-state index contributed by atoms with van der Waals surface area (Å²) >= 11 is 0. The maximum atomic E-state index is 12.4. The number of methoxy groups -OCH3 is 1.